The van der Waals surface area contributed by atoms with Crippen molar-refractivity contribution in [2.45, 2.75) is 77.7 Å². The van der Waals surface area contributed by atoms with Gasteiger partial charge in [-0.1, -0.05) is 39.5 Å². The van der Waals surface area contributed by atoms with E-state index in [1.807, 2.05) is 0 Å². The Kier molecular flexibility index (Phi) is 4.18. The summed E-state index contributed by atoms with van der Waals surface area (Å²) in [5.41, 5.74) is -0.412. The van der Waals surface area contributed by atoms with Crippen molar-refractivity contribution in [3.63, 3.8) is 0 Å². The summed E-state index contributed by atoms with van der Waals surface area (Å²) in [6.07, 6.45) is 9.09. The van der Waals surface area contributed by atoms with Crippen molar-refractivity contribution in [2.75, 3.05) is 0 Å². The monoisotopic (exact) mass is 262 g/mol. The predicted octanol–water partition coefficient (Wildman–Crippen LogP) is 3.55. The van der Waals surface area contributed by atoms with E-state index < -0.39 is 5.41 Å². The Bertz CT molecular complexity index is 373. The molecule has 19 heavy (non-hydrogen) atoms. The van der Waals surface area contributed by atoms with Crippen LogP contribution in [0.5, 0.6) is 0 Å². The summed E-state index contributed by atoms with van der Waals surface area (Å²) < 4.78 is 0. The number of nitrogens with one attached hydrogen (secondary N) is 1. The molecule has 2 aliphatic rings. The van der Waals surface area contributed by atoms with Crippen molar-refractivity contribution >= 4 is 5.91 Å². The third-order valence-electron chi connectivity index (χ3n) is 4.91. The van der Waals surface area contributed by atoms with Gasteiger partial charge >= 0.3 is 0 Å². The van der Waals surface area contributed by atoms with Crippen LogP contribution in [-0.4, -0.2) is 11.9 Å². The highest BCUT2D eigenvalue weighted by atomic mass is 16.2. The van der Waals surface area contributed by atoms with Gasteiger partial charge < -0.3 is 5.32 Å². The zero-order valence-corrected chi connectivity index (χ0v) is 12.3. The molecule has 1 unspecified atom stereocenters. The van der Waals surface area contributed by atoms with Crippen LogP contribution in [0.15, 0.2) is 0 Å². The van der Waals surface area contributed by atoms with Crippen molar-refractivity contribution in [3.8, 4) is 6.07 Å². The summed E-state index contributed by atoms with van der Waals surface area (Å²) in [6.45, 7) is 4.51. The topological polar surface area (TPSA) is 52.9 Å². The molecule has 1 atom stereocenters. The lowest BCUT2D eigenvalue weighted by Crippen LogP contribution is -2.44. The van der Waals surface area contributed by atoms with Crippen LogP contribution < -0.4 is 5.32 Å². The van der Waals surface area contributed by atoms with Gasteiger partial charge in [0.25, 0.3) is 0 Å². The highest BCUT2D eigenvalue weighted by molar-refractivity contribution is 5.85. The van der Waals surface area contributed by atoms with Gasteiger partial charge in [0.05, 0.1) is 6.07 Å². The van der Waals surface area contributed by atoms with E-state index in [9.17, 15) is 10.1 Å². The van der Waals surface area contributed by atoms with Crippen molar-refractivity contribution in [1.82, 2.24) is 5.32 Å². The molecule has 3 heteroatoms. The normalized spacial score (nSPS) is 29.2. The molecule has 0 saturated heterocycles. The number of carbonyl (C=O) groups excluding carboxylic acids is 1. The first kappa shape index (κ1) is 14.4. The average molecular weight is 262 g/mol. The fourth-order valence-electron chi connectivity index (χ4n) is 3.60. The highest BCUT2D eigenvalue weighted by Crippen LogP contribution is 2.39. The van der Waals surface area contributed by atoms with E-state index in [0.717, 1.165) is 57.8 Å². The van der Waals surface area contributed by atoms with Gasteiger partial charge in [-0.15, -0.1) is 0 Å². The molecular formula is C16H26N2O. The lowest BCUT2D eigenvalue weighted by molar-refractivity contribution is -0.129. The van der Waals surface area contributed by atoms with Crippen LogP contribution in [0, 0.1) is 22.2 Å². The molecule has 3 nitrogen and oxygen atoms in total. The SMILES string of the molecule is CC1(C)CCC(NC(=O)C2(C#N)CCCCCC2)C1. The first-order valence-electron chi connectivity index (χ1n) is 7.70. The molecule has 0 spiro atoms. The molecule has 1 N–H and O–H groups in total. The van der Waals surface area contributed by atoms with Crippen LogP contribution in [0.1, 0.15) is 71.6 Å². The van der Waals surface area contributed by atoms with Gasteiger partial charge in [-0.25, -0.2) is 0 Å². The Morgan fingerprint density at radius 2 is 1.79 bits per heavy atom. The maximum Gasteiger partial charge on any atom is 0.240 e. The Morgan fingerprint density at radius 1 is 1.16 bits per heavy atom. The molecule has 0 radical (unpaired) electrons. The Balaban J connectivity index is 1.99. The summed E-state index contributed by atoms with van der Waals surface area (Å²) in [5, 5.41) is 12.7. The van der Waals surface area contributed by atoms with E-state index >= 15 is 0 Å². The maximum absolute atomic E-state index is 12.5. The van der Waals surface area contributed by atoms with Crippen LogP contribution >= 0.6 is 0 Å². The fourth-order valence-corrected chi connectivity index (χ4v) is 3.60. The minimum Gasteiger partial charge on any atom is -0.352 e. The van der Waals surface area contributed by atoms with E-state index in [1.165, 1.54) is 0 Å². The minimum atomic E-state index is -0.747. The van der Waals surface area contributed by atoms with Gasteiger partial charge in [-0.05, 0) is 37.5 Å². The molecule has 1 amide bonds. The van der Waals surface area contributed by atoms with Crippen molar-refractivity contribution in [3.05, 3.63) is 0 Å². The minimum absolute atomic E-state index is 0.000370. The smallest absolute Gasteiger partial charge is 0.240 e. The zero-order chi connectivity index (χ0) is 13.9. The van der Waals surface area contributed by atoms with Crippen molar-refractivity contribution < 1.29 is 4.79 Å². The van der Waals surface area contributed by atoms with Gasteiger partial charge in [0.15, 0.2) is 0 Å². The van der Waals surface area contributed by atoms with Gasteiger partial charge in [0, 0.05) is 6.04 Å². The molecule has 0 aromatic heterocycles. The molecule has 0 bridgehead atoms. The summed E-state index contributed by atoms with van der Waals surface area (Å²) in [6, 6.07) is 2.61. The average Bonchev–Trinajstić information content (AvgIpc) is 2.59. The van der Waals surface area contributed by atoms with Gasteiger partial charge in [0.2, 0.25) is 5.91 Å². The molecule has 106 valence electrons. The number of hydrogen-bond donors (Lipinski definition) is 1. The van der Waals surface area contributed by atoms with Gasteiger partial charge in [0.1, 0.15) is 5.41 Å². The van der Waals surface area contributed by atoms with E-state index in [1.54, 1.807) is 0 Å². The number of nitriles is 1. The maximum atomic E-state index is 12.5. The third-order valence-corrected chi connectivity index (χ3v) is 4.91. The number of carbonyl (C=O) groups is 1. The second-order valence-corrected chi connectivity index (χ2v) is 7.19. The Morgan fingerprint density at radius 3 is 2.26 bits per heavy atom. The summed E-state index contributed by atoms with van der Waals surface area (Å²) in [4.78, 5) is 12.5. The molecule has 0 aromatic rings. The molecule has 2 rings (SSSR count). The molecule has 2 aliphatic carbocycles. The first-order chi connectivity index (χ1) is 8.97. The van der Waals surface area contributed by atoms with Crippen LogP contribution in [0.25, 0.3) is 0 Å². The van der Waals surface area contributed by atoms with Crippen molar-refractivity contribution in [2.24, 2.45) is 10.8 Å². The number of rotatable bonds is 2. The zero-order valence-electron chi connectivity index (χ0n) is 12.3. The molecule has 0 heterocycles. The van der Waals surface area contributed by atoms with E-state index in [-0.39, 0.29) is 11.9 Å². The lowest BCUT2D eigenvalue weighted by atomic mass is 9.80. The summed E-state index contributed by atoms with van der Waals surface area (Å²) >= 11 is 0. The summed E-state index contributed by atoms with van der Waals surface area (Å²) in [7, 11) is 0. The van der Waals surface area contributed by atoms with Crippen LogP contribution in [0.3, 0.4) is 0 Å². The standard InChI is InChI=1S/C16H26N2O/c1-15(2)10-7-13(11-15)18-14(19)16(12-17)8-5-3-4-6-9-16/h13H,3-11H2,1-2H3,(H,18,19). The van der Waals surface area contributed by atoms with Crippen LogP contribution in [-0.2, 0) is 4.79 Å². The predicted molar refractivity (Wildman–Crippen MR) is 75.3 cm³/mol. The lowest BCUT2D eigenvalue weighted by Gasteiger charge is -2.26. The largest absolute Gasteiger partial charge is 0.352 e. The molecule has 2 fully saturated rings. The number of nitrogens with zero attached hydrogens (tertiary/aromatic N) is 1. The quantitative estimate of drug-likeness (QED) is 0.774. The van der Waals surface area contributed by atoms with E-state index in [4.69, 9.17) is 0 Å². The summed E-state index contributed by atoms with van der Waals surface area (Å²) in [5.74, 6) is -0.000370. The Labute approximate surface area is 116 Å². The fraction of sp³-hybridized carbons (Fsp3) is 0.875. The van der Waals surface area contributed by atoms with Crippen LogP contribution in [0.4, 0.5) is 0 Å². The second-order valence-electron chi connectivity index (χ2n) is 7.19. The first-order valence-corrected chi connectivity index (χ1v) is 7.70. The highest BCUT2D eigenvalue weighted by Gasteiger charge is 2.41. The van der Waals surface area contributed by atoms with Gasteiger partial charge in [-0.2, -0.15) is 5.26 Å². The van der Waals surface area contributed by atoms with E-state index in [2.05, 4.69) is 25.2 Å². The van der Waals surface area contributed by atoms with Crippen molar-refractivity contribution in [1.29, 1.82) is 5.26 Å². The molecular weight excluding hydrogens is 236 g/mol. The molecule has 0 aliphatic heterocycles. The third kappa shape index (κ3) is 3.29. The molecule has 2 saturated carbocycles. The number of amides is 1. The van der Waals surface area contributed by atoms with E-state index in [0.29, 0.717) is 5.41 Å². The van der Waals surface area contributed by atoms with Crippen LogP contribution in [0.2, 0.25) is 0 Å². The number of hydrogen-bond acceptors (Lipinski definition) is 2. The second kappa shape index (κ2) is 5.53. The molecule has 0 aromatic carbocycles. The Hall–Kier alpha value is -1.04. The van der Waals surface area contributed by atoms with Gasteiger partial charge in [-0.3, -0.25) is 4.79 Å².